The number of nitrogens with one attached hydrogen (secondary N) is 1. The molecule has 1 aliphatic carbocycles. The summed E-state index contributed by atoms with van der Waals surface area (Å²) in [5.41, 5.74) is 2.30. The summed E-state index contributed by atoms with van der Waals surface area (Å²) < 4.78 is 13.6. The molecule has 1 atom stereocenters. The van der Waals surface area contributed by atoms with E-state index in [0.29, 0.717) is 12.1 Å². The fourth-order valence-electron chi connectivity index (χ4n) is 3.25. The van der Waals surface area contributed by atoms with Crippen LogP contribution in [0.2, 0.25) is 0 Å². The highest BCUT2D eigenvalue weighted by Gasteiger charge is 2.24. The van der Waals surface area contributed by atoms with Crippen LogP contribution >= 0.6 is 0 Å². The molecule has 1 aliphatic heterocycles. The monoisotopic (exact) mass is 291 g/mol. The summed E-state index contributed by atoms with van der Waals surface area (Å²) in [6, 6.07) is 6.36. The largest absolute Gasteiger partial charge is 0.367 e. The Morgan fingerprint density at radius 3 is 2.86 bits per heavy atom. The Morgan fingerprint density at radius 2 is 2.10 bits per heavy atom. The lowest BCUT2D eigenvalue weighted by molar-refractivity contribution is 0.337. The van der Waals surface area contributed by atoms with Gasteiger partial charge in [0.15, 0.2) is 0 Å². The Morgan fingerprint density at radius 1 is 1.29 bits per heavy atom. The number of anilines is 1. The molecule has 1 N–H and O–H groups in total. The Hall–Kier alpha value is -1.13. The van der Waals surface area contributed by atoms with Crippen molar-refractivity contribution in [2.75, 3.05) is 31.6 Å². The molecule has 0 amide bonds. The molecule has 1 saturated carbocycles. The van der Waals surface area contributed by atoms with E-state index in [1.165, 1.54) is 18.5 Å². The van der Waals surface area contributed by atoms with Crippen LogP contribution in [0.4, 0.5) is 10.1 Å². The van der Waals surface area contributed by atoms with Gasteiger partial charge >= 0.3 is 0 Å². The standard InChI is InChI=1S/C17H26FN3/c1-13-12-20(2)8-3-9-21(13)17-7-4-15(18)10-14(17)11-19-16-5-6-16/h4,7,10,13,16,19H,3,5-6,8-9,11-12H2,1-2H3. The zero-order valence-electron chi connectivity index (χ0n) is 13.1. The maximum Gasteiger partial charge on any atom is 0.123 e. The predicted octanol–water partition coefficient (Wildman–Crippen LogP) is 2.61. The van der Waals surface area contributed by atoms with Gasteiger partial charge in [0.05, 0.1) is 0 Å². The van der Waals surface area contributed by atoms with E-state index in [-0.39, 0.29) is 5.82 Å². The minimum absolute atomic E-state index is 0.133. The average molecular weight is 291 g/mol. The van der Waals surface area contributed by atoms with Crippen LogP contribution in [-0.2, 0) is 6.54 Å². The number of likely N-dealkylation sites (N-methyl/N-ethyl adjacent to an activating group) is 1. The number of halogens is 1. The summed E-state index contributed by atoms with van der Waals surface area (Å²) in [6.45, 7) is 6.29. The molecule has 116 valence electrons. The van der Waals surface area contributed by atoms with Crippen LogP contribution in [0.1, 0.15) is 31.7 Å². The molecule has 2 aliphatic rings. The van der Waals surface area contributed by atoms with Crippen molar-refractivity contribution < 1.29 is 4.39 Å². The van der Waals surface area contributed by atoms with E-state index >= 15 is 0 Å². The molecule has 0 radical (unpaired) electrons. The van der Waals surface area contributed by atoms with E-state index in [4.69, 9.17) is 0 Å². The molecular weight excluding hydrogens is 265 g/mol. The Balaban J connectivity index is 1.81. The van der Waals surface area contributed by atoms with Gasteiger partial charge in [0.1, 0.15) is 5.82 Å². The molecule has 0 bridgehead atoms. The molecule has 21 heavy (non-hydrogen) atoms. The molecule has 0 spiro atoms. The molecule has 4 heteroatoms. The second kappa shape index (κ2) is 6.32. The Kier molecular flexibility index (Phi) is 4.45. The lowest BCUT2D eigenvalue weighted by atomic mass is 10.1. The van der Waals surface area contributed by atoms with Crippen molar-refractivity contribution in [3.63, 3.8) is 0 Å². The predicted molar refractivity (Wildman–Crippen MR) is 85.2 cm³/mol. The van der Waals surface area contributed by atoms with Gasteiger partial charge in [0, 0.05) is 37.4 Å². The third-order valence-corrected chi connectivity index (χ3v) is 4.56. The molecule has 1 saturated heterocycles. The molecule has 3 nitrogen and oxygen atoms in total. The van der Waals surface area contributed by atoms with Gasteiger partial charge in [-0.05, 0) is 63.5 Å². The van der Waals surface area contributed by atoms with E-state index in [9.17, 15) is 4.39 Å². The number of nitrogens with zero attached hydrogens (tertiary/aromatic N) is 2. The van der Waals surface area contributed by atoms with Gasteiger partial charge in [0.25, 0.3) is 0 Å². The third-order valence-electron chi connectivity index (χ3n) is 4.56. The maximum absolute atomic E-state index is 13.6. The van der Waals surface area contributed by atoms with E-state index in [1.54, 1.807) is 12.1 Å². The van der Waals surface area contributed by atoms with Crippen molar-refractivity contribution in [3.8, 4) is 0 Å². The fraction of sp³-hybridized carbons (Fsp3) is 0.647. The van der Waals surface area contributed by atoms with Crippen LogP contribution in [0.5, 0.6) is 0 Å². The molecule has 1 unspecified atom stereocenters. The van der Waals surface area contributed by atoms with Gasteiger partial charge in [0.2, 0.25) is 0 Å². The fourth-order valence-corrected chi connectivity index (χ4v) is 3.25. The summed E-state index contributed by atoms with van der Waals surface area (Å²) in [5.74, 6) is -0.133. The van der Waals surface area contributed by atoms with Crippen LogP contribution < -0.4 is 10.2 Å². The van der Waals surface area contributed by atoms with Gasteiger partial charge < -0.3 is 15.1 Å². The zero-order valence-corrected chi connectivity index (χ0v) is 13.1. The minimum atomic E-state index is -0.133. The zero-order chi connectivity index (χ0) is 14.8. The van der Waals surface area contributed by atoms with Crippen LogP contribution in [0.15, 0.2) is 18.2 Å². The van der Waals surface area contributed by atoms with Crippen LogP contribution in [-0.4, -0.2) is 43.7 Å². The average Bonchev–Trinajstić information content (AvgIpc) is 3.26. The van der Waals surface area contributed by atoms with Crippen molar-refractivity contribution >= 4 is 5.69 Å². The number of hydrogen-bond donors (Lipinski definition) is 1. The third kappa shape index (κ3) is 3.74. The van der Waals surface area contributed by atoms with Crippen molar-refractivity contribution in [2.24, 2.45) is 0 Å². The van der Waals surface area contributed by atoms with Crippen molar-refractivity contribution in [2.45, 2.75) is 44.8 Å². The van der Waals surface area contributed by atoms with Crippen LogP contribution in [0, 0.1) is 5.82 Å². The SMILES string of the molecule is CC1CN(C)CCCN1c1ccc(F)cc1CNC1CC1. The first-order chi connectivity index (χ1) is 10.1. The van der Waals surface area contributed by atoms with Crippen molar-refractivity contribution in [3.05, 3.63) is 29.6 Å². The van der Waals surface area contributed by atoms with Crippen LogP contribution in [0.3, 0.4) is 0 Å². The number of benzene rings is 1. The number of rotatable bonds is 4. The van der Waals surface area contributed by atoms with E-state index < -0.39 is 0 Å². The first kappa shape index (κ1) is 14.8. The van der Waals surface area contributed by atoms with Gasteiger partial charge in [-0.3, -0.25) is 0 Å². The summed E-state index contributed by atoms with van der Waals surface area (Å²) >= 11 is 0. The second-order valence-corrected chi connectivity index (χ2v) is 6.59. The Labute approximate surface area is 127 Å². The molecule has 2 fully saturated rings. The summed E-state index contributed by atoms with van der Waals surface area (Å²) in [7, 11) is 2.18. The normalized spacial score (nSPS) is 24.1. The smallest absolute Gasteiger partial charge is 0.123 e. The summed E-state index contributed by atoms with van der Waals surface area (Å²) in [6.07, 6.45) is 3.68. The lowest BCUT2D eigenvalue weighted by Crippen LogP contribution is -2.38. The van der Waals surface area contributed by atoms with E-state index in [0.717, 1.165) is 38.2 Å². The quantitative estimate of drug-likeness (QED) is 0.920. The molecule has 1 heterocycles. The highest BCUT2D eigenvalue weighted by molar-refractivity contribution is 5.55. The lowest BCUT2D eigenvalue weighted by Gasteiger charge is -2.32. The Bertz CT molecular complexity index is 487. The molecular formula is C17H26FN3. The highest BCUT2D eigenvalue weighted by Crippen LogP contribution is 2.27. The first-order valence-electron chi connectivity index (χ1n) is 8.10. The second-order valence-electron chi connectivity index (χ2n) is 6.59. The number of hydrogen-bond acceptors (Lipinski definition) is 3. The minimum Gasteiger partial charge on any atom is -0.367 e. The molecule has 1 aromatic carbocycles. The van der Waals surface area contributed by atoms with Crippen molar-refractivity contribution in [1.82, 2.24) is 10.2 Å². The summed E-state index contributed by atoms with van der Waals surface area (Å²) in [5, 5.41) is 3.52. The maximum atomic E-state index is 13.6. The van der Waals surface area contributed by atoms with Gasteiger partial charge in [-0.25, -0.2) is 4.39 Å². The topological polar surface area (TPSA) is 18.5 Å². The highest BCUT2D eigenvalue weighted by atomic mass is 19.1. The molecule has 1 aromatic rings. The van der Waals surface area contributed by atoms with Gasteiger partial charge in [-0.1, -0.05) is 0 Å². The van der Waals surface area contributed by atoms with E-state index in [2.05, 4.69) is 29.1 Å². The van der Waals surface area contributed by atoms with Gasteiger partial charge in [-0.15, -0.1) is 0 Å². The summed E-state index contributed by atoms with van der Waals surface area (Å²) in [4.78, 5) is 4.84. The first-order valence-corrected chi connectivity index (χ1v) is 8.10. The molecule has 3 rings (SSSR count). The molecule has 0 aromatic heterocycles. The van der Waals surface area contributed by atoms with Crippen LogP contribution in [0.25, 0.3) is 0 Å². The van der Waals surface area contributed by atoms with Crippen molar-refractivity contribution in [1.29, 1.82) is 0 Å². The van der Waals surface area contributed by atoms with Gasteiger partial charge in [-0.2, -0.15) is 0 Å². The van der Waals surface area contributed by atoms with E-state index in [1.807, 2.05) is 6.07 Å².